The molecule has 0 saturated heterocycles. The van der Waals surface area contributed by atoms with Crippen LogP contribution in [0.25, 0.3) is 0 Å². The van der Waals surface area contributed by atoms with Crippen LogP contribution in [0.5, 0.6) is 5.75 Å². The van der Waals surface area contributed by atoms with E-state index >= 15 is 0 Å². The van der Waals surface area contributed by atoms with Crippen molar-refractivity contribution < 1.29 is 13.9 Å². The first-order valence-corrected chi connectivity index (χ1v) is 8.03. The van der Waals surface area contributed by atoms with Crippen molar-refractivity contribution in [1.82, 2.24) is 0 Å². The maximum atomic E-state index is 13.7. The smallest absolute Gasteiger partial charge is 0.255 e. The summed E-state index contributed by atoms with van der Waals surface area (Å²) in [5.74, 6) is -0.164. The van der Waals surface area contributed by atoms with Gasteiger partial charge in [-0.05, 0) is 48.0 Å². The average molecular weight is 356 g/mol. The van der Waals surface area contributed by atoms with Crippen LogP contribution in [0.15, 0.2) is 72.8 Å². The first-order valence-electron chi connectivity index (χ1n) is 7.65. The quantitative estimate of drug-likeness (QED) is 0.673. The number of hydrogen-bond acceptors (Lipinski definition) is 2. The number of ether oxygens (including phenoxy) is 1. The summed E-state index contributed by atoms with van der Waals surface area (Å²) in [6.07, 6.45) is 0. The summed E-state index contributed by atoms with van der Waals surface area (Å²) in [5.41, 5.74) is 1.39. The lowest BCUT2D eigenvalue weighted by Crippen LogP contribution is -2.13. The van der Waals surface area contributed by atoms with Gasteiger partial charge >= 0.3 is 0 Å². The Hall–Kier alpha value is -2.85. The van der Waals surface area contributed by atoms with E-state index in [1.165, 1.54) is 18.2 Å². The van der Waals surface area contributed by atoms with Gasteiger partial charge in [0.15, 0.2) is 0 Å². The molecule has 5 heteroatoms. The van der Waals surface area contributed by atoms with Crippen molar-refractivity contribution in [3.63, 3.8) is 0 Å². The number of carbonyl (C=O) groups excluding carboxylic acids is 1. The first kappa shape index (κ1) is 17.0. The highest BCUT2D eigenvalue weighted by Crippen LogP contribution is 2.20. The maximum Gasteiger partial charge on any atom is 0.255 e. The highest BCUT2D eigenvalue weighted by molar-refractivity contribution is 6.31. The molecule has 3 nitrogen and oxygen atoms in total. The minimum Gasteiger partial charge on any atom is -0.489 e. The van der Waals surface area contributed by atoms with E-state index in [0.29, 0.717) is 17.2 Å². The Labute approximate surface area is 150 Å². The number of hydrogen-bond donors (Lipinski definition) is 1. The van der Waals surface area contributed by atoms with E-state index in [9.17, 15) is 9.18 Å². The van der Waals surface area contributed by atoms with Crippen molar-refractivity contribution in [2.75, 3.05) is 5.32 Å². The number of amides is 1. The lowest BCUT2D eigenvalue weighted by Gasteiger charge is -2.09. The van der Waals surface area contributed by atoms with Crippen molar-refractivity contribution in [3.8, 4) is 5.75 Å². The second kappa shape index (κ2) is 7.81. The van der Waals surface area contributed by atoms with Crippen LogP contribution in [0.3, 0.4) is 0 Å². The van der Waals surface area contributed by atoms with E-state index in [0.717, 1.165) is 11.3 Å². The van der Waals surface area contributed by atoms with Crippen LogP contribution in [0, 0.1) is 5.82 Å². The van der Waals surface area contributed by atoms with Gasteiger partial charge in [-0.2, -0.15) is 0 Å². The number of halogens is 2. The second-order valence-electron chi connectivity index (χ2n) is 5.38. The molecule has 0 aromatic heterocycles. The van der Waals surface area contributed by atoms with Gasteiger partial charge in [-0.3, -0.25) is 4.79 Å². The topological polar surface area (TPSA) is 38.3 Å². The molecule has 0 atom stereocenters. The van der Waals surface area contributed by atoms with Crippen LogP contribution in [-0.2, 0) is 6.61 Å². The van der Waals surface area contributed by atoms with Crippen molar-refractivity contribution in [2.24, 2.45) is 0 Å². The van der Waals surface area contributed by atoms with E-state index < -0.39 is 11.7 Å². The SMILES string of the molecule is O=C(Nc1cc(Cl)ccc1F)c1ccc(COc2ccccc2)cc1. The lowest BCUT2D eigenvalue weighted by molar-refractivity contribution is 0.102. The Morgan fingerprint density at radius 2 is 1.72 bits per heavy atom. The minimum atomic E-state index is -0.536. The number of benzene rings is 3. The fourth-order valence-corrected chi connectivity index (χ4v) is 2.40. The fourth-order valence-electron chi connectivity index (χ4n) is 2.22. The molecule has 0 aliphatic rings. The minimum absolute atomic E-state index is 0.0500. The Balaban J connectivity index is 1.63. The molecule has 3 aromatic carbocycles. The van der Waals surface area contributed by atoms with E-state index in [1.54, 1.807) is 24.3 Å². The van der Waals surface area contributed by atoms with Crippen LogP contribution >= 0.6 is 11.6 Å². The zero-order valence-electron chi connectivity index (χ0n) is 13.2. The normalized spacial score (nSPS) is 10.3. The van der Waals surface area contributed by atoms with Gasteiger partial charge in [-0.15, -0.1) is 0 Å². The summed E-state index contributed by atoms with van der Waals surface area (Å²) in [4.78, 5) is 12.2. The first-order chi connectivity index (χ1) is 12.1. The highest BCUT2D eigenvalue weighted by atomic mass is 35.5. The molecule has 0 saturated carbocycles. The molecule has 126 valence electrons. The summed E-state index contributed by atoms with van der Waals surface area (Å²) in [5, 5.41) is 2.87. The lowest BCUT2D eigenvalue weighted by atomic mass is 10.1. The van der Waals surface area contributed by atoms with Crippen LogP contribution < -0.4 is 10.1 Å². The largest absolute Gasteiger partial charge is 0.489 e. The van der Waals surface area contributed by atoms with E-state index in [2.05, 4.69) is 5.32 Å². The molecule has 1 amide bonds. The zero-order chi connectivity index (χ0) is 17.6. The Bertz CT molecular complexity index is 867. The van der Waals surface area contributed by atoms with Crippen molar-refractivity contribution in [2.45, 2.75) is 6.61 Å². The third-order valence-corrected chi connectivity index (χ3v) is 3.78. The van der Waals surface area contributed by atoms with Crippen LogP contribution in [0.2, 0.25) is 5.02 Å². The number of anilines is 1. The molecule has 0 radical (unpaired) electrons. The van der Waals surface area contributed by atoms with Crippen LogP contribution in [0.4, 0.5) is 10.1 Å². The van der Waals surface area contributed by atoms with Crippen molar-refractivity contribution in [3.05, 3.63) is 94.8 Å². The predicted molar refractivity (Wildman–Crippen MR) is 96.6 cm³/mol. The van der Waals surface area contributed by atoms with Gasteiger partial charge < -0.3 is 10.1 Å². The van der Waals surface area contributed by atoms with Crippen LogP contribution in [-0.4, -0.2) is 5.91 Å². The summed E-state index contributed by atoms with van der Waals surface area (Å²) in [7, 11) is 0. The molecule has 0 aliphatic heterocycles. The van der Waals surface area contributed by atoms with Gasteiger partial charge in [-0.25, -0.2) is 4.39 Å². The standard InChI is InChI=1S/C20H15ClFNO2/c21-16-10-11-18(22)19(12-16)23-20(24)15-8-6-14(7-9-15)13-25-17-4-2-1-3-5-17/h1-12H,13H2,(H,23,24). The van der Waals surface area contributed by atoms with Gasteiger partial charge in [0.25, 0.3) is 5.91 Å². The van der Waals surface area contributed by atoms with E-state index in [1.807, 2.05) is 30.3 Å². The molecular weight excluding hydrogens is 341 g/mol. The molecule has 0 aliphatic carbocycles. The monoisotopic (exact) mass is 355 g/mol. The van der Waals surface area contributed by atoms with Gasteiger partial charge in [0, 0.05) is 10.6 Å². The van der Waals surface area contributed by atoms with Gasteiger partial charge in [0.1, 0.15) is 18.2 Å². The molecule has 0 bridgehead atoms. The third kappa shape index (κ3) is 4.58. The third-order valence-electron chi connectivity index (χ3n) is 3.54. The highest BCUT2D eigenvalue weighted by Gasteiger charge is 2.10. The molecule has 0 unspecified atom stereocenters. The molecular formula is C20H15ClFNO2. The molecule has 1 N–H and O–H groups in total. The maximum absolute atomic E-state index is 13.7. The average Bonchev–Trinajstić information content (AvgIpc) is 2.64. The molecule has 3 rings (SSSR count). The second-order valence-corrected chi connectivity index (χ2v) is 5.81. The number of para-hydroxylation sites is 1. The summed E-state index contributed by atoms with van der Waals surface area (Å²) in [6.45, 7) is 0.398. The summed E-state index contributed by atoms with van der Waals surface area (Å²) < 4.78 is 19.3. The van der Waals surface area contributed by atoms with Crippen molar-refractivity contribution >= 4 is 23.2 Å². The predicted octanol–water partition coefficient (Wildman–Crippen LogP) is 5.31. The molecule has 0 fully saturated rings. The Kier molecular flexibility index (Phi) is 5.31. The molecule has 3 aromatic rings. The van der Waals surface area contributed by atoms with E-state index in [-0.39, 0.29) is 5.69 Å². The molecule has 0 spiro atoms. The number of carbonyl (C=O) groups is 1. The Morgan fingerprint density at radius 1 is 1.00 bits per heavy atom. The van der Waals surface area contributed by atoms with Gasteiger partial charge in [0.05, 0.1) is 5.69 Å². The van der Waals surface area contributed by atoms with E-state index in [4.69, 9.17) is 16.3 Å². The van der Waals surface area contributed by atoms with Crippen molar-refractivity contribution in [1.29, 1.82) is 0 Å². The van der Waals surface area contributed by atoms with Gasteiger partial charge in [0.2, 0.25) is 0 Å². The molecule has 25 heavy (non-hydrogen) atoms. The number of rotatable bonds is 5. The number of nitrogens with one attached hydrogen (secondary N) is 1. The zero-order valence-corrected chi connectivity index (χ0v) is 14.0. The Morgan fingerprint density at radius 3 is 2.44 bits per heavy atom. The fraction of sp³-hybridized carbons (Fsp3) is 0.0500. The van der Waals surface area contributed by atoms with Crippen LogP contribution in [0.1, 0.15) is 15.9 Å². The molecule has 0 heterocycles. The summed E-state index contributed by atoms with van der Waals surface area (Å²) >= 11 is 5.82. The summed E-state index contributed by atoms with van der Waals surface area (Å²) in [6, 6.07) is 20.4. The van der Waals surface area contributed by atoms with Gasteiger partial charge in [-0.1, -0.05) is 41.9 Å².